The largest absolute Gasteiger partial charge is 0.422 e. The summed E-state index contributed by atoms with van der Waals surface area (Å²) in [6.07, 6.45) is 1.54. The fourth-order valence-corrected chi connectivity index (χ4v) is 1.24. The van der Waals surface area contributed by atoms with Gasteiger partial charge in [0.2, 0.25) is 0 Å². The molecule has 0 aliphatic carbocycles. The zero-order chi connectivity index (χ0) is 9.97. The van der Waals surface area contributed by atoms with Gasteiger partial charge in [-0.2, -0.15) is 0 Å². The SMILES string of the molecule is Fc1ccccc1Oc1ncc(Br)[nH]1. The van der Waals surface area contributed by atoms with Crippen LogP contribution in [0.3, 0.4) is 0 Å². The van der Waals surface area contributed by atoms with E-state index in [1.165, 1.54) is 18.3 Å². The van der Waals surface area contributed by atoms with Crippen molar-refractivity contribution in [3.05, 3.63) is 40.9 Å². The van der Waals surface area contributed by atoms with Gasteiger partial charge in [0.05, 0.1) is 6.20 Å². The molecule has 0 aliphatic heterocycles. The molecular weight excluding hydrogens is 251 g/mol. The normalized spacial score (nSPS) is 10.1. The van der Waals surface area contributed by atoms with E-state index in [0.717, 1.165) is 0 Å². The van der Waals surface area contributed by atoms with Gasteiger partial charge in [0, 0.05) is 0 Å². The number of nitrogens with one attached hydrogen (secondary N) is 1. The third-order valence-corrected chi connectivity index (χ3v) is 1.97. The molecule has 0 radical (unpaired) electrons. The highest BCUT2D eigenvalue weighted by atomic mass is 79.9. The predicted molar refractivity (Wildman–Crippen MR) is 52.8 cm³/mol. The molecular formula is C9H6BrFN2O. The van der Waals surface area contributed by atoms with E-state index in [9.17, 15) is 4.39 Å². The van der Waals surface area contributed by atoms with Crippen molar-refractivity contribution in [1.82, 2.24) is 9.97 Å². The molecule has 72 valence electrons. The molecule has 0 unspecified atom stereocenters. The minimum atomic E-state index is -0.417. The molecule has 0 spiro atoms. The Morgan fingerprint density at radius 3 is 2.79 bits per heavy atom. The van der Waals surface area contributed by atoms with E-state index >= 15 is 0 Å². The Bertz CT molecular complexity index is 444. The molecule has 0 atom stereocenters. The summed E-state index contributed by atoms with van der Waals surface area (Å²) in [6, 6.07) is 6.40. The lowest BCUT2D eigenvalue weighted by molar-refractivity contribution is 0.415. The van der Waals surface area contributed by atoms with Crippen LogP contribution in [-0.4, -0.2) is 9.97 Å². The molecule has 2 rings (SSSR count). The van der Waals surface area contributed by atoms with Crippen molar-refractivity contribution in [2.45, 2.75) is 0 Å². The Balaban J connectivity index is 2.23. The third-order valence-electron chi connectivity index (χ3n) is 1.56. The lowest BCUT2D eigenvalue weighted by atomic mass is 10.3. The molecule has 0 amide bonds. The second kappa shape index (κ2) is 3.79. The molecule has 0 aliphatic rings. The van der Waals surface area contributed by atoms with Crippen molar-refractivity contribution in [2.24, 2.45) is 0 Å². The number of benzene rings is 1. The summed E-state index contributed by atoms with van der Waals surface area (Å²) >= 11 is 3.17. The van der Waals surface area contributed by atoms with E-state index in [-0.39, 0.29) is 11.8 Å². The summed E-state index contributed by atoms with van der Waals surface area (Å²) in [5, 5.41) is 0. The molecule has 5 heteroatoms. The number of hydrogen-bond donors (Lipinski definition) is 1. The Morgan fingerprint density at radius 1 is 1.36 bits per heavy atom. The highest BCUT2D eigenvalue weighted by Gasteiger charge is 2.05. The first-order valence-corrected chi connectivity index (χ1v) is 4.68. The quantitative estimate of drug-likeness (QED) is 0.897. The van der Waals surface area contributed by atoms with E-state index in [0.29, 0.717) is 4.60 Å². The number of imidazole rings is 1. The van der Waals surface area contributed by atoms with Crippen LogP contribution < -0.4 is 4.74 Å². The standard InChI is InChI=1S/C9H6BrFN2O/c10-8-5-12-9(13-8)14-7-4-2-1-3-6(7)11/h1-5H,(H,12,13). The monoisotopic (exact) mass is 256 g/mol. The summed E-state index contributed by atoms with van der Waals surface area (Å²) < 4.78 is 18.9. The van der Waals surface area contributed by atoms with Gasteiger partial charge in [0.15, 0.2) is 11.6 Å². The number of halogens is 2. The Labute approximate surface area is 88.1 Å². The highest BCUT2D eigenvalue weighted by molar-refractivity contribution is 9.10. The third kappa shape index (κ3) is 1.93. The van der Waals surface area contributed by atoms with E-state index in [4.69, 9.17) is 4.74 Å². The molecule has 0 bridgehead atoms. The smallest absolute Gasteiger partial charge is 0.300 e. The second-order valence-electron chi connectivity index (χ2n) is 2.57. The molecule has 14 heavy (non-hydrogen) atoms. The van der Waals surface area contributed by atoms with E-state index in [1.54, 1.807) is 12.1 Å². The van der Waals surface area contributed by atoms with Crippen LogP contribution >= 0.6 is 15.9 Å². The van der Waals surface area contributed by atoms with Crippen LogP contribution in [0.5, 0.6) is 11.8 Å². The molecule has 1 N–H and O–H groups in total. The van der Waals surface area contributed by atoms with Gasteiger partial charge in [-0.25, -0.2) is 9.37 Å². The Kier molecular flexibility index (Phi) is 2.49. The lowest BCUT2D eigenvalue weighted by Crippen LogP contribution is -1.88. The number of hydrogen-bond acceptors (Lipinski definition) is 2. The highest BCUT2D eigenvalue weighted by Crippen LogP contribution is 2.22. The van der Waals surface area contributed by atoms with Crippen molar-refractivity contribution >= 4 is 15.9 Å². The van der Waals surface area contributed by atoms with Gasteiger partial charge < -0.3 is 9.72 Å². The maximum absolute atomic E-state index is 13.1. The van der Waals surface area contributed by atoms with Crippen LogP contribution in [0, 0.1) is 5.82 Å². The maximum Gasteiger partial charge on any atom is 0.300 e. The number of rotatable bonds is 2. The van der Waals surface area contributed by atoms with Crippen LogP contribution in [0.1, 0.15) is 0 Å². The zero-order valence-corrected chi connectivity index (χ0v) is 8.58. The van der Waals surface area contributed by atoms with Crippen LogP contribution in [0.2, 0.25) is 0 Å². The average molecular weight is 257 g/mol. The summed E-state index contributed by atoms with van der Waals surface area (Å²) in [7, 11) is 0. The van der Waals surface area contributed by atoms with Crippen molar-refractivity contribution in [3.8, 4) is 11.8 Å². The molecule has 1 aromatic carbocycles. The van der Waals surface area contributed by atoms with Crippen LogP contribution in [0.25, 0.3) is 0 Å². The molecule has 1 aromatic heterocycles. The van der Waals surface area contributed by atoms with Gasteiger partial charge in [-0.3, -0.25) is 0 Å². The predicted octanol–water partition coefficient (Wildman–Crippen LogP) is 3.10. The molecule has 3 nitrogen and oxygen atoms in total. The first-order valence-electron chi connectivity index (χ1n) is 3.88. The number of para-hydroxylation sites is 1. The minimum Gasteiger partial charge on any atom is -0.422 e. The minimum absolute atomic E-state index is 0.148. The molecule has 0 fully saturated rings. The van der Waals surface area contributed by atoms with Crippen LogP contribution in [-0.2, 0) is 0 Å². The van der Waals surface area contributed by atoms with Gasteiger partial charge >= 0.3 is 0 Å². The van der Waals surface area contributed by atoms with E-state index in [1.807, 2.05) is 0 Å². The summed E-state index contributed by atoms with van der Waals surface area (Å²) in [5.74, 6) is -0.269. The van der Waals surface area contributed by atoms with E-state index in [2.05, 4.69) is 25.9 Å². The lowest BCUT2D eigenvalue weighted by Gasteiger charge is -2.01. The number of aromatic nitrogens is 2. The molecule has 2 aromatic rings. The van der Waals surface area contributed by atoms with Crippen molar-refractivity contribution in [2.75, 3.05) is 0 Å². The molecule has 0 saturated heterocycles. The first kappa shape index (κ1) is 9.21. The Hall–Kier alpha value is -1.36. The second-order valence-corrected chi connectivity index (χ2v) is 3.42. The zero-order valence-electron chi connectivity index (χ0n) is 7.00. The van der Waals surface area contributed by atoms with E-state index < -0.39 is 5.82 Å². The van der Waals surface area contributed by atoms with Gasteiger partial charge in [0.25, 0.3) is 6.01 Å². The number of aromatic amines is 1. The van der Waals surface area contributed by atoms with Gasteiger partial charge in [-0.15, -0.1) is 0 Å². The van der Waals surface area contributed by atoms with Gasteiger partial charge in [0.1, 0.15) is 4.60 Å². The number of nitrogens with zero attached hydrogens (tertiary/aromatic N) is 1. The van der Waals surface area contributed by atoms with Crippen molar-refractivity contribution in [1.29, 1.82) is 0 Å². The Morgan fingerprint density at radius 2 is 2.14 bits per heavy atom. The number of H-pyrrole nitrogens is 1. The van der Waals surface area contributed by atoms with Crippen molar-refractivity contribution < 1.29 is 9.13 Å². The van der Waals surface area contributed by atoms with Crippen LogP contribution in [0.4, 0.5) is 4.39 Å². The van der Waals surface area contributed by atoms with Crippen molar-refractivity contribution in [3.63, 3.8) is 0 Å². The van der Waals surface area contributed by atoms with Gasteiger partial charge in [-0.1, -0.05) is 12.1 Å². The summed E-state index contributed by atoms with van der Waals surface area (Å²) in [5.41, 5.74) is 0. The molecule has 0 saturated carbocycles. The molecule has 1 heterocycles. The fourth-order valence-electron chi connectivity index (χ4n) is 0.966. The average Bonchev–Trinajstić information content (AvgIpc) is 2.56. The maximum atomic E-state index is 13.1. The summed E-state index contributed by atoms with van der Waals surface area (Å²) in [6.45, 7) is 0. The fraction of sp³-hybridized carbons (Fsp3) is 0. The van der Waals surface area contributed by atoms with Crippen LogP contribution in [0.15, 0.2) is 35.1 Å². The topological polar surface area (TPSA) is 37.9 Å². The van der Waals surface area contributed by atoms with Gasteiger partial charge in [-0.05, 0) is 28.1 Å². The first-order chi connectivity index (χ1) is 6.75. The summed E-state index contributed by atoms with van der Waals surface area (Å²) in [4.78, 5) is 6.63. The number of ether oxygens (including phenoxy) is 1.